The van der Waals surface area contributed by atoms with Crippen molar-refractivity contribution >= 4 is 26.0 Å². The minimum atomic E-state index is -3.79. The summed E-state index contributed by atoms with van der Waals surface area (Å²) >= 11 is 0. The third kappa shape index (κ3) is 5.41. The molecule has 0 amide bonds. The van der Waals surface area contributed by atoms with Crippen LogP contribution in [0.2, 0.25) is 0 Å². The molecule has 3 rings (SSSR count). The summed E-state index contributed by atoms with van der Waals surface area (Å²) in [7, 11) is -4.78. The van der Waals surface area contributed by atoms with Crippen LogP contribution in [-0.2, 0) is 37.9 Å². The first kappa shape index (κ1) is 22.7. The average molecular weight is 469 g/mol. The van der Waals surface area contributed by atoms with Crippen LogP contribution >= 0.6 is 0 Å². The Kier molecular flexibility index (Phi) is 6.65. The van der Waals surface area contributed by atoms with E-state index >= 15 is 0 Å². The Balaban J connectivity index is 1.60. The van der Waals surface area contributed by atoms with E-state index in [4.69, 9.17) is 13.6 Å². The average Bonchev–Trinajstić information content (AvgIpc) is 3.43. The highest BCUT2D eigenvalue weighted by Gasteiger charge is 2.22. The van der Waals surface area contributed by atoms with Gasteiger partial charge in [0.1, 0.15) is 18.1 Å². The number of carbonyl (C=O) groups is 1. The normalized spacial score (nSPS) is 12.2. The number of rotatable bonds is 9. The standard InChI is InChI=1S/C19H20N2O8S2/c1-21(2)31(25,26)18-10-7-16(29-18)13-28-19(22)14-5-8-17(9-6-14)30(23,24)20-12-15-4-3-11-27-15/h3-11,20H,12-13H2,1-2H3. The number of sulfonamides is 2. The van der Waals surface area contributed by atoms with Crippen molar-refractivity contribution in [1.29, 1.82) is 0 Å². The molecule has 0 spiro atoms. The van der Waals surface area contributed by atoms with E-state index in [-0.39, 0.29) is 34.5 Å². The van der Waals surface area contributed by atoms with Gasteiger partial charge in [0.25, 0.3) is 10.0 Å². The molecule has 0 aliphatic carbocycles. The molecule has 1 N–H and O–H groups in total. The molecule has 2 aromatic heterocycles. The van der Waals surface area contributed by atoms with E-state index < -0.39 is 26.0 Å². The summed E-state index contributed by atoms with van der Waals surface area (Å²) in [6, 6.07) is 11.1. The zero-order valence-corrected chi connectivity index (χ0v) is 18.3. The molecular weight excluding hydrogens is 448 g/mol. The van der Waals surface area contributed by atoms with Crippen molar-refractivity contribution in [2.45, 2.75) is 23.1 Å². The van der Waals surface area contributed by atoms with Crippen molar-refractivity contribution in [3.05, 3.63) is 71.9 Å². The minimum Gasteiger partial charge on any atom is -0.468 e. The molecule has 0 radical (unpaired) electrons. The fourth-order valence-corrected chi connectivity index (χ4v) is 4.21. The van der Waals surface area contributed by atoms with Crippen molar-refractivity contribution in [3.63, 3.8) is 0 Å². The number of ether oxygens (including phenoxy) is 1. The maximum atomic E-state index is 12.3. The van der Waals surface area contributed by atoms with Gasteiger partial charge in [0.2, 0.25) is 15.1 Å². The summed E-state index contributed by atoms with van der Waals surface area (Å²) in [5.74, 6) is -0.112. The summed E-state index contributed by atoms with van der Waals surface area (Å²) in [4.78, 5) is 12.2. The number of nitrogens with one attached hydrogen (secondary N) is 1. The second-order valence-electron chi connectivity index (χ2n) is 6.51. The van der Waals surface area contributed by atoms with Crippen LogP contribution in [0.15, 0.2) is 73.6 Å². The molecule has 31 heavy (non-hydrogen) atoms. The number of furan rings is 2. The molecule has 0 fully saturated rings. The van der Waals surface area contributed by atoms with E-state index in [2.05, 4.69) is 4.72 Å². The van der Waals surface area contributed by atoms with Crippen LogP contribution in [0.4, 0.5) is 0 Å². The molecule has 2 heterocycles. The Bertz CT molecular complexity index is 1240. The highest BCUT2D eigenvalue weighted by Crippen LogP contribution is 2.18. The van der Waals surface area contributed by atoms with Gasteiger partial charge in [0.15, 0.2) is 0 Å². The Morgan fingerprint density at radius 1 is 1.00 bits per heavy atom. The van der Waals surface area contributed by atoms with E-state index in [0.29, 0.717) is 5.76 Å². The third-order valence-corrected chi connectivity index (χ3v) is 7.24. The molecule has 0 unspecified atom stereocenters. The second-order valence-corrected chi connectivity index (χ2v) is 10.4. The van der Waals surface area contributed by atoms with Crippen molar-refractivity contribution in [2.75, 3.05) is 14.1 Å². The molecule has 0 saturated carbocycles. The second kappa shape index (κ2) is 9.06. The van der Waals surface area contributed by atoms with Crippen LogP contribution in [0.5, 0.6) is 0 Å². The maximum absolute atomic E-state index is 12.3. The van der Waals surface area contributed by atoms with Crippen molar-refractivity contribution in [3.8, 4) is 0 Å². The molecule has 0 bridgehead atoms. The quantitative estimate of drug-likeness (QED) is 0.471. The molecule has 166 valence electrons. The molecule has 0 saturated heterocycles. The van der Waals surface area contributed by atoms with Crippen molar-refractivity contribution < 1.29 is 35.2 Å². The number of hydrogen-bond donors (Lipinski definition) is 1. The molecule has 0 aliphatic rings. The first-order valence-electron chi connectivity index (χ1n) is 8.90. The summed E-state index contributed by atoms with van der Waals surface area (Å²) in [5, 5.41) is -0.264. The van der Waals surface area contributed by atoms with Gasteiger partial charge in [-0.1, -0.05) is 0 Å². The number of hydrogen-bond acceptors (Lipinski definition) is 8. The fourth-order valence-electron chi connectivity index (χ4n) is 2.41. The molecule has 0 atom stereocenters. The Labute approximate surface area is 179 Å². The van der Waals surface area contributed by atoms with Crippen LogP contribution in [0.1, 0.15) is 21.9 Å². The molecule has 10 nitrogen and oxygen atoms in total. The van der Waals surface area contributed by atoms with Gasteiger partial charge >= 0.3 is 5.97 Å². The topological polar surface area (TPSA) is 136 Å². The van der Waals surface area contributed by atoms with Crippen LogP contribution in [0.25, 0.3) is 0 Å². The molecule has 12 heteroatoms. The number of esters is 1. The lowest BCUT2D eigenvalue weighted by Gasteiger charge is -2.08. The zero-order valence-electron chi connectivity index (χ0n) is 16.6. The van der Waals surface area contributed by atoms with Gasteiger partial charge in [-0.15, -0.1) is 0 Å². The SMILES string of the molecule is CN(C)S(=O)(=O)c1ccc(COC(=O)c2ccc(S(=O)(=O)NCc3ccco3)cc2)o1. The molecule has 3 aromatic rings. The molecular formula is C19H20N2O8S2. The van der Waals surface area contributed by atoms with Crippen molar-refractivity contribution in [1.82, 2.24) is 9.03 Å². The van der Waals surface area contributed by atoms with Gasteiger partial charge in [0, 0.05) is 14.1 Å². The van der Waals surface area contributed by atoms with E-state index in [1.165, 1.54) is 56.8 Å². The summed E-state index contributed by atoms with van der Waals surface area (Å²) < 4.78 is 67.4. The molecule has 1 aromatic carbocycles. The summed E-state index contributed by atoms with van der Waals surface area (Å²) in [5.41, 5.74) is 0.123. The highest BCUT2D eigenvalue weighted by atomic mass is 32.2. The monoisotopic (exact) mass is 468 g/mol. The van der Waals surface area contributed by atoms with Gasteiger partial charge in [-0.05, 0) is 48.5 Å². The number of benzene rings is 1. The summed E-state index contributed by atoms with van der Waals surface area (Å²) in [6.45, 7) is -0.291. The van der Waals surface area contributed by atoms with Crippen LogP contribution < -0.4 is 4.72 Å². The van der Waals surface area contributed by atoms with Gasteiger partial charge < -0.3 is 13.6 Å². The largest absolute Gasteiger partial charge is 0.468 e. The van der Waals surface area contributed by atoms with Crippen LogP contribution in [-0.4, -0.2) is 41.2 Å². The number of carbonyl (C=O) groups excluding carboxylic acids is 1. The van der Waals surface area contributed by atoms with E-state index in [9.17, 15) is 21.6 Å². The fraction of sp³-hybridized carbons (Fsp3) is 0.211. The Morgan fingerprint density at radius 2 is 1.71 bits per heavy atom. The van der Waals surface area contributed by atoms with E-state index in [1.807, 2.05) is 0 Å². The predicted octanol–water partition coefficient (Wildman–Crippen LogP) is 1.96. The maximum Gasteiger partial charge on any atom is 0.338 e. The zero-order chi connectivity index (χ0) is 22.6. The Hall–Kier alpha value is -2.93. The van der Waals surface area contributed by atoms with E-state index in [0.717, 1.165) is 4.31 Å². The third-order valence-electron chi connectivity index (χ3n) is 4.13. The molecule has 0 aliphatic heterocycles. The van der Waals surface area contributed by atoms with Gasteiger partial charge in [-0.3, -0.25) is 0 Å². The van der Waals surface area contributed by atoms with E-state index in [1.54, 1.807) is 12.1 Å². The van der Waals surface area contributed by atoms with Gasteiger partial charge in [0.05, 0.1) is 23.3 Å². The number of nitrogens with zero attached hydrogens (tertiary/aromatic N) is 1. The lowest BCUT2D eigenvalue weighted by atomic mass is 10.2. The highest BCUT2D eigenvalue weighted by molar-refractivity contribution is 7.89. The first-order chi connectivity index (χ1) is 14.6. The van der Waals surface area contributed by atoms with Gasteiger partial charge in [-0.2, -0.15) is 0 Å². The Morgan fingerprint density at radius 3 is 2.32 bits per heavy atom. The predicted molar refractivity (Wildman–Crippen MR) is 108 cm³/mol. The first-order valence-corrected chi connectivity index (χ1v) is 11.8. The van der Waals surface area contributed by atoms with Crippen molar-refractivity contribution in [2.24, 2.45) is 0 Å². The lowest BCUT2D eigenvalue weighted by Crippen LogP contribution is -2.23. The summed E-state index contributed by atoms with van der Waals surface area (Å²) in [6.07, 6.45) is 1.44. The lowest BCUT2D eigenvalue weighted by molar-refractivity contribution is 0.0440. The van der Waals surface area contributed by atoms with Crippen LogP contribution in [0.3, 0.4) is 0 Å². The van der Waals surface area contributed by atoms with Crippen LogP contribution in [0, 0.1) is 0 Å². The smallest absolute Gasteiger partial charge is 0.338 e. The minimum absolute atomic E-state index is 0.00615. The van der Waals surface area contributed by atoms with Gasteiger partial charge in [-0.25, -0.2) is 30.7 Å².